The Labute approximate surface area is 142 Å². The molecule has 1 aromatic carbocycles. The van der Waals surface area contributed by atoms with Crippen molar-refractivity contribution in [3.8, 4) is 0 Å². The molecule has 0 bridgehead atoms. The van der Waals surface area contributed by atoms with Crippen LogP contribution in [0.3, 0.4) is 0 Å². The van der Waals surface area contributed by atoms with E-state index in [2.05, 4.69) is 5.32 Å². The first kappa shape index (κ1) is 18.0. The third-order valence-corrected chi connectivity index (χ3v) is 4.26. The number of amides is 4. The van der Waals surface area contributed by atoms with Gasteiger partial charge in [0.2, 0.25) is 5.91 Å². The zero-order chi connectivity index (χ0) is 18.1. The molecule has 1 unspecified atom stereocenters. The zero-order valence-corrected chi connectivity index (χ0v) is 14.9. The maximum atomic E-state index is 12.8. The number of imide groups is 1. The van der Waals surface area contributed by atoms with Crippen LogP contribution in [0.4, 0.5) is 4.79 Å². The highest BCUT2D eigenvalue weighted by Crippen LogP contribution is 2.28. The first-order valence-corrected chi connectivity index (χ1v) is 8.10. The van der Waals surface area contributed by atoms with Crippen molar-refractivity contribution in [3.63, 3.8) is 0 Å². The van der Waals surface area contributed by atoms with Crippen LogP contribution in [0, 0.1) is 12.8 Å². The number of carbonyl (C=O) groups is 3. The van der Waals surface area contributed by atoms with Gasteiger partial charge in [0.15, 0.2) is 0 Å². The van der Waals surface area contributed by atoms with Crippen LogP contribution >= 0.6 is 0 Å². The molecule has 0 aromatic heterocycles. The summed E-state index contributed by atoms with van der Waals surface area (Å²) >= 11 is 0. The molecule has 1 atom stereocenters. The number of carbonyl (C=O) groups excluding carboxylic acids is 3. The molecule has 24 heavy (non-hydrogen) atoms. The van der Waals surface area contributed by atoms with Crippen molar-refractivity contribution in [2.75, 3.05) is 20.1 Å². The van der Waals surface area contributed by atoms with Gasteiger partial charge in [-0.2, -0.15) is 0 Å². The number of nitrogens with one attached hydrogen (secondary N) is 1. The highest BCUT2D eigenvalue weighted by molar-refractivity contribution is 6.09. The fraction of sp³-hybridized carbons (Fsp3) is 0.500. The Morgan fingerprint density at radius 2 is 1.83 bits per heavy atom. The predicted octanol–water partition coefficient (Wildman–Crippen LogP) is 1.88. The van der Waals surface area contributed by atoms with E-state index in [0.29, 0.717) is 18.0 Å². The lowest BCUT2D eigenvalue weighted by molar-refractivity contribution is -0.138. The van der Waals surface area contributed by atoms with Crippen molar-refractivity contribution in [2.24, 2.45) is 5.92 Å². The standard InChI is InChI=1S/C18H25N3O3/c1-12(2)10-20(5)15(22)11-21-16(23)18(4,19-17(21)24)14-8-6-13(3)7-9-14/h6-9,12H,10-11H2,1-5H3,(H,19,24). The van der Waals surface area contributed by atoms with E-state index in [1.165, 1.54) is 0 Å². The molecule has 6 nitrogen and oxygen atoms in total. The second-order valence-electron chi connectivity index (χ2n) is 6.98. The van der Waals surface area contributed by atoms with E-state index in [9.17, 15) is 14.4 Å². The van der Waals surface area contributed by atoms with Crippen LogP contribution in [0.5, 0.6) is 0 Å². The number of rotatable bonds is 5. The Bertz CT molecular complexity index is 654. The third-order valence-electron chi connectivity index (χ3n) is 4.26. The van der Waals surface area contributed by atoms with E-state index in [4.69, 9.17) is 0 Å². The van der Waals surface area contributed by atoms with Gasteiger partial charge in [-0.3, -0.25) is 14.5 Å². The average Bonchev–Trinajstić information content (AvgIpc) is 2.71. The molecular formula is C18H25N3O3. The van der Waals surface area contributed by atoms with Crippen LogP contribution in [0.15, 0.2) is 24.3 Å². The Balaban J connectivity index is 2.16. The molecule has 130 valence electrons. The minimum Gasteiger partial charge on any atom is -0.344 e. The molecule has 1 saturated heterocycles. The maximum Gasteiger partial charge on any atom is 0.325 e. The van der Waals surface area contributed by atoms with Crippen molar-refractivity contribution in [3.05, 3.63) is 35.4 Å². The van der Waals surface area contributed by atoms with Crippen LogP contribution in [0.1, 0.15) is 31.9 Å². The summed E-state index contributed by atoms with van der Waals surface area (Å²) in [5, 5.41) is 2.72. The minimum absolute atomic E-state index is 0.241. The van der Waals surface area contributed by atoms with E-state index >= 15 is 0 Å². The van der Waals surface area contributed by atoms with Crippen molar-refractivity contribution in [1.82, 2.24) is 15.1 Å². The Morgan fingerprint density at radius 3 is 2.38 bits per heavy atom. The van der Waals surface area contributed by atoms with Gasteiger partial charge >= 0.3 is 6.03 Å². The SMILES string of the molecule is Cc1ccc(C2(C)NC(=O)N(CC(=O)N(C)CC(C)C)C2=O)cc1. The van der Waals surface area contributed by atoms with E-state index in [1.807, 2.05) is 45.0 Å². The van der Waals surface area contributed by atoms with Gasteiger partial charge in [-0.25, -0.2) is 4.79 Å². The third kappa shape index (κ3) is 3.42. The fourth-order valence-corrected chi connectivity index (χ4v) is 2.83. The van der Waals surface area contributed by atoms with Crippen molar-refractivity contribution >= 4 is 17.8 Å². The number of hydrogen-bond acceptors (Lipinski definition) is 3. The lowest BCUT2D eigenvalue weighted by Crippen LogP contribution is -2.44. The highest BCUT2D eigenvalue weighted by Gasteiger charge is 2.49. The molecule has 0 radical (unpaired) electrons. The largest absolute Gasteiger partial charge is 0.344 e. The molecule has 0 spiro atoms. The van der Waals surface area contributed by atoms with Gasteiger partial charge in [-0.1, -0.05) is 43.7 Å². The van der Waals surface area contributed by atoms with Crippen molar-refractivity contribution in [1.29, 1.82) is 0 Å². The topological polar surface area (TPSA) is 69.7 Å². The molecular weight excluding hydrogens is 306 g/mol. The monoisotopic (exact) mass is 331 g/mol. The first-order valence-electron chi connectivity index (χ1n) is 8.10. The Kier molecular flexibility index (Phi) is 4.96. The molecule has 0 saturated carbocycles. The van der Waals surface area contributed by atoms with E-state index in [1.54, 1.807) is 18.9 Å². The van der Waals surface area contributed by atoms with Crippen LogP contribution in [0.25, 0.3) is 0 Å². The number of urea groups is 1. The lowest BCUT2D eigenvalue weighted by Gasteiger charge is -2.24. The van der Waals surface area contributed by atoms with Gasteiger partial charge in [0.05, 0.1) is 0 Å². The molecule has 2 rings (SSSR count). The quantitative estimate of drug-likeness (QED) is 0.838. The maximum absolute atomic E-state index is 12.8. The molecule has 0 aliphatic carbocycles. The minimum atomic E-state index is -1.14. The second-order valence-corrected chi connectivity index (χ2v) is 6.98. The van der Waals surface area contributed by atoms with Crippen molar-refractivity contribution < 1.29 is 14.4 Å². The summed E-state index contributed by atoms with van der Waals surface area (Å²) in [7, 11) is 1.68. The van der Waals surface area contributed by atoms with E-state index in [-0.39, 0.29) is 12.5 Å². The number of hydrogen-bond donors (Lipinski definition) is 1. The molecule has 6 heteroatoms. The summed E-state index contributed by atoms with van der Waals surface area (Å²) in [6.07, 6.45) is 0. The van der Waals surface area contributed by atoms with Crippen molar-refractivity contribution in [2.45, 2.75) is 33.2 Å². The second kappa shape index (κ2) is 6.63. The first-order chi connectivity index (χ1) is 11.1. The van der Waals surface area contributed by atoms with Gasteiger partial charge < -0.3 is 10.2 Å². The van der Waals surface area contributed by atoms with E-state index in [0.717, 1.165) is 10.5 Å². The number of aryl methyl sites for hydroxylation is 1. The fourth-order valence-electron chi connectivity index (χ4n) is 2.83. The van der Waals surface area contributed by atoms with Gasteiger partial charge in [0.1, 0.15) is 12.1 Å². The van der Waals surface area contributed by atoms with Crippen LogP contribution in [-0.4, -0.2) is 47.8 Å². The van der Waals surface area contributed by atoms with Crippen LogP contribution < -0.4 is 5.32 Å². The average molecular weight is 331 g/mol. The summed E-state index contributed by atoms with van der Waals surface area (Å²) in [5.41, 5.74) is 0.639. The molecule has 1 aromatic rings. The molecule has 1 N–H and O–H groups in total. The smallest absolute Gasteiger partial charge is 0.325 e. The molecule has 1 fully saturated rings. The number of likely N-dealkylation sites (N-methyl/N-ethyl adjacent to an activating group) is 1. The van der Waals surface area contributed by atoms with Gasteiger partial charge in [0.25, 0.3) is 5.91 Å². The Hall–Kier alpha value is -2.37. The van der Waals surface area contributed by atoms with Gasteiger partial charge in [-0.05, 0) is 25.3 Å². The molecule has 4 amide bonds. The summed E-state index contributed by atoms with van der Waals surface area (Å²) < 4.78 is 0. The Morgan fingerprint density at radius 1 is 1.25 bits per heavy atom. The molecule has 1 heterocycles. The van der Waals surface area contributed by atoms with E-state index < -0.39 is 17.5 Å². The summed E-state index contributed by atoms with van der Waals surface area (Å²) in [6, 6.07) is 6.90. The van der Waals surface area contributed by atoms with Gasteiger partial charge in [0, 0.05) is 13.6 Å². The van der Waals surface area contributed by atoms with Gasteiger partial charge in [-0.15, -0.1) is 0 Å². The number of benzene rings is 1. The molecule has 1 aliphatic heterocycles. The van der Waals surface area contributed by atoms with Crippen LogP contribution in [-0.2, 0) is 15.1 Å². The lowest BCUT2D eigenvalue weighted by atomic mass is 9.91. The predicted molar refractivity (Wildman–Crippen MR) is 91.3 cm³/mol. The summed E-state index contributed by atoms with van der Waals surface area (Å²) in [4.78, 5) is 39.8. The molecule has 1 aliphatic rings. The number of nitrogens with zero attached hydrogens (tertiary/aromatic N) is 2. The van der Waals surface area contributed by atoms with Crippen LogP contribution in [0.2, 0.25) is 0 Å². The summed E-state index contributed by atoms with van der Waals surface area (Å²) in [5.74, 6) is -0.331. The normalized spacial score (nSPS) is 20.5. The highest BCUT2D eigenvalue weighted by atomic mass is 16.2. The zero-order valence-electron chi connectivity index (χ0n) is 14.9. The summed E-state index contributed by atoms with van der Waals surface area (Å²) in [6.45, 7) is 7.97.